The summed E-state index contributed by atoms with van der Waals surface area (Å²) in [7, 11) is 0. The van der Waals surface area contributed by atoms with Crippen molar-refractivity contribution in [2.24, 2.45) is 22.7 Å². The molecule has 32 heavy (non-hydrogen) atoms. The Kier molecular flexibility index (Phi) is 5.88. The van der Waals surface area contributed by atoms with E-state index < -0.39 is 83.7 Å². The normalized spacial score (nSPS) is 34.9. The third-order valence-corrected chi connectivity index (χ3v) is 6.99. The lowest BCUT2D eigenvalue weighted by Gasteiger charge is -2.38. The van der Waals surface area contributed by atoms with Gasteiger partial charge in [0.25, 0.3) is 0 Å². The lowest BCUT2D eigenvalue weighted by atomic mass is 9.72. The lowest BCUT2D eigenvalue weighted by molar-refractivity contribution is -0.247. The Labute approximate surface area is 182 Å². The number of ether oxygens (including phenoxy) is 3. The van der Waals surface area contributed by atoms with Crippen molar-refractivity contribution in [3.05, 3.63) is 0 Å². The first kappa shape index (κ1) is 25.1. The molecule has 3 rings (SSSR count). The molecule has 2 saturated carbocycles. The van der Waals surface area contributed by atoms with Crippen LogP contribution in [0.4, 0.5) is 26.3 Å². The third-order valence-electron chi connectivity index (χ3n) is 6.99. The minimum Gasteiger partial charge on any atom is -0.459 e. The number of esters is 2. The van der Waals surface area contributed by atoms with Gasteiger partial charge in [0.15, 0.2) is 10.8 Å². The first-order valence-electron chi connectivity index (χ1n) is 10.6. The van der Waals surface area contributed by atoms with Crippen LogP contribution in [0.15, 0.2) is 0 Å². The van der Waals surface area contributed by atoms with Crippen molar-refractivity contribution in [2.45, 2.75) is 96.6 Å². The summed E-state index contributed by atoms with van der Waals surface area (Å²) in [6, 6.07) is 0. The fourth-order valence-electron chi connectivity index (χ4n) is 5.25. The molecule has 0 radical (unpaired) electrons. The zero-order chi connectivity index (χ0) is 24.5. The molecule has 1 heterocycles. The van der Waals surface area contributed by atoms with Crippen molar-refractivity contribution >= 4 is 11.9 Å². The first-order valence-corrected chi connectivity index (χ1v) is 10.6. The van der Waals surface area contributed by atoms with E-state index in [0.29, 0.717) is 0 Å². The molecule has 1 saturated heterocycles. The Morgan fingerprint density at radius 1 is 1.16 bits per heavy atom. The van der Waals surface area contributed by atoms with E-state index in [2.05, 4.69) is 0 Å². The Morgan fingerprint density at radius 3 is 2.22 bits per heavy atom. The van der Waals surface area contributed by atoms with E-state index in [9.17, 15) is 35.9 Å². The Morgan fingerprint density at radius 2 is 1.75 bits per heavy atom. The average Bonchev–Trinajstić information content (AvgIpc) is 3.20. The molecule has 7 atom stereocenters. The van der Waals surface area contributed by atoms with Gasteiger partial charge in [0, 0.05) is 5.92 Å². The molecule has 2 bridgehead atoms. The second-order valence-electron chi connectivity index (χ2n) is 10.3. The quantitative estimate of drug-likeness (QED) is 0.402. The summed E-state index contributed by atoms with van der Waals surface area (Å²) in [5.74, 6) is -4.56. The summed E-state index contributed by atoms with van der Waals surface area (Å²) >= 11 is 0. The molecule has 11 heteroatoms. The summed E-state index contributed by atoms with van der Waals surface area (Å²) in [4.78, 5) is 24.6. The van der Waals surface area contributed by atoms with E-state index in [0.717, 1.165) is 6.92 Å². The minimum atomic E-state index is -4.94. The Bertz CT molecular complexity index is 772. The second kappa shape index (κ2) is 7.50. The predicted octanol–water partition coefficient (Wildman–Crippen LogP) is 4.96. The molecule has 0 spiro atoms. The number of hydrogen-bond donors (Lipinski definition) is 0. The maximum atomic E-state index is 13.9. The van der Waals surface area contributed by atoms with E-state index in [1.807, 2.05) is 0 Å². The van der Waals surface area contributed by atoms with Crippen molar-refractivity contribution in [1.29, 1.82) is 0 Å². The average molecular weight is 474 g/mol. The fourth-order valence-corrected chi connectivity index (χ4v) is 5.25. The molecule has 7 unspecified atom stereocenters. The molecular weight excluding hydrogens is 446 g/mol. The van der Waals surface area contributed by atoms with Crippen molar-refractivity contribution in [3.63, 3.8) is 0 Å². The summed E-state index contributed by atoms with van der Waals surface area (Å²) in [6.07, 6.45) is -14.0. The van der Waals surface area contributed by atoms with Crippen molar-refractivity contribution in [2.75, 3.05) is 0 Å². The molecule has 0 aromatic heterocycles. The maximum absolute atomic E-state index is 13.9. The van der Waals surface area contributed by atoms with Crippen LogP contribution in [0.2, 0.25) is 0 Å². The number of carbonyl (C=O) groups is 2. The minimum absolute atomic E-state index is 0.0552. The number of hydrogen-bond acceptors (Lipinski definition) is 5. The molecule has 3 aliphatic rings. The molecule has 2 aliphatic carbocycles. The van der Waals surface area contributed by atoms with Gasteiger partial charge in [-0.2, -0.15) is 26.3 Å². The third kappa shape index (κ3) is 3.77. The molecule has 0 N–H and O–H groups in total. The molecule has 1 aliphatic heterocycles. The number of fused-ring (bicyclic) bond motifs is 1. The molecule has 3 fully saturated rings. The highest BCUT2D eigenvalue weighted by atomic mass is 19.4. The van der Waals surface area contributed by atoms with Gasteiger partial charge in [-0.1, -0.05) is 6.92 Å². The van der Waals surface area contributed by atoms with Crippen LogP contribution in [-0.2, 0) is 23.8 Å². The van der Waals surface area contributed by atoms with Crippen LogP contribution in [0.3, 0.4) is 0 Å². The Balaban J connectivity index is 1.79. The van der Waals surface area contributed by atoms with Crippen LogP contribution in [0.5, 0.6) is 0 Å². The smallest absolute Gasteiger partial charge is 0.405 e. The molecule has 5 nitrogen and oxygen atoms in total. The standard InChI is InChI=1S/C21H28F6O5/c1-6-11(9-18(5,20(22,23)24)15(28)32-17(2,3)4)30-13-10-7-12-14(13)31-16(29)19(12,8-10)21(25,26)27/h10-14H,6-9H2,1-5H3. The fraction of sp³-hybridized carbons (Fsp3) is 0.905. The van der Waals surface area contributed by atoms with E-state index >= 15 is 0 Å². The predicted molar refractivity (Wildman–Crippen MR) is 98.2 cm³/mol. The second-order valence-corrected chi connectivity index (χ2v) is 10.3. The molecule has 184 valence electrons. The molecule has 0 aromatic rings. The van der Waals surface area contributed by atoms with E-state index in [1.54, 1.807) is 6.92 Å². The van der Waals surface area contributed by atoms with Gasteiger partial charge >= 0.3 is 24.3 Å². The Hall–Kier alpha value is -1.52. The van der Waals surface area contributed by atoms with Gasteiger partial charge in [0.1, 0.15) is 11.7 Å². The SMILES string of the molecule is CCC(CC(C)(C(=O)OC(C)(C)C)C(F)(F)F)OC1C2CC3C1OC(=O)C3(C(F)(F)F)C2. The van der Waals surface area contributed by atoms with Gasteiger partial charge in [-0.25, -0.2) is 0 Å². The van der Waals surface area contributed by atoms with Gasteiger partial charge < -0.3 is 14.2 Å². The van der Waals surface area contributed by atoms with Crippen molar-refractivity contribution in [1.82, 2.24) is 0 Å². The van der Waals surface area contributed by atoms with E-state index in [1.165, 1.54) is 20.8 Å². The number of halogens is 6. The van der Waals surface area contributed by atoms with E-state index in [-0.39, 0.29) is 12.8 Å². The highest BCUT2D eigenvalue weighted by molar-refractivity contribution is 5.82. The highest BCUT2D eigenvalue weighted by Gasteiger charge is 2.80. The summed E-state index contributed by atoms with van der Waals surface area (Å²) in [6.45, 7) is 6.65. The topological polar surface area (TPSA) is 61.8 Å². The van der Waals surface area contributed by atoms with Crippen LogP contribution < -0.4 is 0 Å². The van der Waals surface area contributed by atoms with Gasteiger partial charge in [0.05, 0.1) is 12.2 Å². The largest absolute Gasteiger partial charge is 0.459 e. The van der Waals surface area contributed by atoms with Gasteiger partial charge in [-0.15, -0.1) is 0 Å². The zero-order valence-corrected chi connectivity index (χ0v) is 18.5. The lowest BCUT2D eigenvalue weighted by Crippen LogP contribution is -2.50. The van der Waals surface area contributed by atoms with Crippen LogP contribution in [0.25, 0.3) is 0 Å². The monoisotopic (exact) mass is 474 g/mol. The van der Waals surface area contributed by atoms with Crippen LogP contribution in [0, 0.1) is 22.7 Å². The highest BCUT2D eigenvalue weighted by Crippen LogP contribution is 2.68. The summed E-state index contributed by atoms with van der Waals surface area (Å²) in [5, 5.41) is 0. The number of alkyl halides is 6. The summed E-state index contributed by atoms with van der Waals surface area (Å²) in [5.41, 5.74) is -6.57. The maximum Gasteiger partial charge on any atom is 0.405 e. The van der Waals surface area contributed by atoms with E-state index in [4.69, 9.17) is 14.2 Å². The van der Waals surface area contributed by atoms with Gasteiger partial charge in [-0.05, 0) is 59.3 Å². The van der Waals surface area contributed by atoms with Crippen LogP contribution in [-0.4, -0.2) is 48.2 Å². The molecule has 0 amide bonds. The van der Waals surface area contributed by atoms with Crippen molar-refractivity contribution < 1.29 is 50.1 Å². The van der Waals surface area contributed by atoms with Crippen LogP contribution >= 0.6 is 0 Å². The van der Waals surface area contributed by atoms with Crippen LogP contribution in [0.1, 0.15) is 60.3 Å². The first-order chi connectivity index (χ1) is 14.4. The van der Waals surface area contributed by atoms with Gasteiger partial charge in [0.2, 0.25) is 0 Å². The molecular formula is C21H28F6O5. The molecule has 0 aromatic carbocycles. The number of carbonyl (C=O) groups excluding carboxylic acids is 2. The number of rotatable bonds is 6. The zero-order valence-electron chi connectivity index (χ0n) is 18.5. The van der Waals surface area contributed by atoms with Crippen molar-refractivity contribution in [3.8, 4) is 0 Å². The summed E-state index contributed by atoms with van der Waals surface area (Å²) < 4.78 is 98.7. The van der Waals surface area contributed by atoms with Gasteiger partial charge in [-0.3, -0.25) is 9.59 Å².